The molecule has 1 rings (SSSR count). The number of carbonyl (C=O) groups excluding carboxylic acids is 1. The standard InChI is InChI=1S/C6H7NOS2/c1-2-3-4-5(8)7-6(9)10-4/h3H,2H2,1H3,(H,7,8,9)/b4-3+. The summed E-state index contributed by atoms with van der Waals surface area (Å²) >= 11 is 6.11. The molecule has 2 nitrogen and oxygen atoms in total. The van der Waals surface area contributed by atoms with Gasteiger partial charge in [-0.05, 0) is 6.42 Å². The first kappa shape index (κ1) is 7.75. The van der Waals surface area contributed by atoms with E-state index in [1.165, 1.54) is 11.8 Å². The van der Waals surface area contributed by atoms with Crippen LogP contribution in [0.4, 0.5) is 0 Å². The minimum Gasteiger partial charge on any atom is -0.307 e. The van der Waals surface area contributed by atoms with Gasteiger partial charge in [-0.25, -0.2) is 0 Å². The summed E-state index contributed by atoms with van der Waals surface area (Å²) in [4.78, 5) is 11.6. The molecule has 0 spiro atoms. The Morgan fingerprint density at radius 1 is 1.80 bits per heavy atom. The molecule has 0 bridgehead atoms. The number of thioether (sulfide) groups is 1. The van der Waals surface area contributed by atoms with Crippen LogP contribution in [0.5, 0.6) is 0 Å². The number of hydrogen-bond acceptors (Lipinski definition) is 3. The Morgan fingerprint density at radius 2 is 2.50 bits per heavy atom. The number of thiocarbonyl (C=S) groups is 1. The molecule has 1 amide bonds. The lowest BCUT2D eigenvalue weighted by Crippen LogP contribution is -2.17. The fourth-order valence-corrected chi connectivity index (χ4v) is 1.75. The first-order valence-electron chi connectivity index (χ1n) is 2.97. The minimum atomic E-state index is -0.0585. The van der Waals surface area contributed by atoms with Crippen molar-refractivity contribution in [3.05, 3.63) is 11.0 Å². The van der Waals surface area contributed by atoms with E-state index in [2.05, 4.69) is 5.32 Å². The van der Waals surface area contributed by atoms with Gasteiger partial charge in [0.05, 0.1) is 4.91 Å². The molecule has 1 N–H and O–H groups in total. The second kappa shape index (κ2) is 3.16. The molecule has 1 heterocycles. The molecule has 0 unspecified atom stereocenters. The van der Waals surface area contributed by atoms with Crippen molar-refractivity contribution in [2.45, 2.75) is 13.3 Å². The smallest absolute Gasteiger partial charge is 0.263 e. The molecular formula is C6H7NOS2. The van der Waals surface area contributed by atoms with Crippen LogP contribution >= 0.6 is 24.0 Å². The zero-order valence-corrected chi connectivity index (χ0v) is 7.14. The minimum absolute atomic E-state index is 0.0585. The van der Waals surface area contributed by atoms with Gasteiger partial charge in [0.2, 0.25) is 0 Å². The monoisotopic (exact) mass is 173 g/mol. The molecule has 1 aliphatic rings. The maximum Gasteiger partial charge on any atom is 0.263 e. The number of nitrogens with one attached hydrogen (secondary N) is 1. The van der Waals surface area contributed by atoms with Crippen LogP contribution in [-0.2, 0) is 4.79 Å². The van der Waals surface area contributed by atoms with Crippen molar-refractivity contribution in [3.8, 4) is 0 Å². The lowest BCUT2D eigenvalue weighted by Gasteiger charge is -1.85. The summed E-state index contributed by atoms with van der Waals surface area (Å²) in [7, 11) is 0. The van der Waals surface area contributed by atoms with Crippen LogP contribution in [0.3, 0.4) is 0 Å². The first-order chi connectivity index (χ1) is 4.74. The summed E-state index contributed by atoms with van der Waals surface area (Å²) in [6, 6.07) is 0. The molecule has 1 saturated heterocycles. The van der Waals surface area contributed by atoms with Gasteiger partial charge in [-0.2, -0.15) is 0 Å². The van der Waals surface area contributed by atoms with Crippen LogP contribution in [0.1, 0.15) is 13.3 Å². The highest BCUT2D eigenvalue weighted by molar-refractivity contribution is 8.26. The summed E-state index contributed by atoms with van der Waals surface area (Å²) < 4.78 is 0.560. The zero-order valence-electron chi connectivity index (χ0n) is 5.51. The Labute approximate surface area is 69.1 Å². The number of rotatable bonds is 1. The molecule has 0 saturated carbocycles. The predicted molar refractivity (Wildman–Crippen MR) is 46.7 cm³/mol. The zero-order chi connectivity index (χ0) is 7.56. The van der Waals surface area contributed by atoms with Crippen LogP contribution in [0.25, 0.3) is 0 Å². The normalized spacial score (nSPS) is 21.9. The third-order valence-corrected chi connectivity index (χ3v) is 2.24. The summed E-state index contributed by atoms with van der Waals surface area (Å²) in [5, 5.41) is 2.54. The van der Waals surface area contributed by atoms with Crippen LogP contribution in [0, 0.1) is 0 Å². The van der Waals surface area contributed by atoms with Crippen LogP contribution in [0.2, 0.25) is 0 Å². The topological polar surface area (TPSA) is 29.1 Å². The highest BCUT2D eigenvalue weighted by Gasteiger charge is 2.20. The average molecular weight is 173 g/mol. The Bertz CT molecular complexity index is 210. The highest BCUT2D eigenvalue weighted by Crippen LogP contribution is 2.23. The van der Waals surface area contributed by atoms with Crippen LogP contribution in [-0.4, -0.2) is 10.2 Å². The van der Waals surface area contributed by atoms with Gasteiger partial charge in [-0.3, -0.25) is 4.79 Å². The quantitative estimate of drug-likeness (QED) is 0.480. The van der Waals surface area contributed by atoms with Gasteiger partial charge >= 0.3 is 0 Å². The lowest BCUT2D eigenvalue weighted by molar-refractivity contribution is -0.115. The van der Waals surface area contributed by atoms with Crippen molar-refractivity contribution >= 4 is 34.2 Å². The first-order valence-corrected chi connectivity index (χ1v) is 4.20. The van der Waals surface area contributed by atoms with Gasteiger partial charge in [0, 0.05) is 0 Å². The fourth-order valence-electron chi connectivity index (χ4n) is 0.646. The maximum absolute atomic E-state index is 10.9. The fraction of sp³-hybridized carbons (Fsp3) is 0.333. The second-order valence-corrected chi connectivity index (χ2v) is 3.54. The molecule has 1 fully saturated rings. The van der Waals surface area contributed by atoms with Gasteiger partial charge in [-0.1, -0.05) is 37.0 Å². The molecule has 0 aliphatic carbocycles. The van der Waals surface area contributed by atoms with E-state index in [0.717, 1.165) is 11.3 Å². The van der Waals surface area contributed by atoms with E-state index >= 15 is 0 Å². The van der Waals surface area contributed by atoms with Crippen molar-refractivity contribution in [1.82, 2.24) is 5.32 Å². The molecule has 0 aromatic rings. The van der Waals surface area contributed by atoms with Crippen LogP contribution < -0.4 is 5.32 Å². The van der Waals surface area contributed by atoms with Gasteiger partial charge in [-0.15, -0.1) is 0 Å². The van der Waals surface area contributed by atoms with E-state index in [4.69, 9.17) is 12.2 Å². The van der Waals surface area contributed by atoms with E-state index in [9.17, 15) is 4.79 Å². The maximum atomic E-state index is 10.9. The predicted octanol–water partition coefficient (Wildman–Crippen LogP) is 1.43. The number of allylic oxidation sites excluding steroid dienone is 1. The number of carbonyl (C=O) groups is 1. The van der Waals surface area contributed by atoms with Crippen molar-refractivity contribution in [2.24, 2.45) is 0 Å². The van der Waals surface area contributed by atoms with E-state index in [1.54, 1.807) is 0 Å². The van der Waals surface area contributed by atoms with Gasteiger partial charge in [0.1, 0.15) is 4.32 Å². The van der Waals surface area contributed by atoms with Crippen molar-refractivity contribution < 1.29 is 4.79 Å². The molecular weight excluding hydrogens is 166 g/mol. The number of amides is 1. The molecule has 1 aliphatic heterocycles. The molecule has 0 aromatic carbocycles. The Hall–Kier alpha value is -0.350. The summed E-state index contributed by atoms with van der Waals surface area (Å²) in [5.74, 6) is -0.0585. The van der Waals surface area contributed by atoms with Crippen molar-refractivity contribution in [2.75, 3.05) is 0 Å². The Kier molecular flexibility index (Phi) is 2.45. The van der Waals surface area contributed by atoms with E-state index in [-0.39, 0.29) is 5.91 Å². The number of hydrogen-bond donors (Lipinski definition) is 1. The van der Waals surface area contributed by atoms with E-state index in [1.807, 2.05) is 13.0 Å². The highest BCUT2D eigenvalue weighted by atomic mass is 32.2. The Morgan fingerprint density at radius 3 is 2.90 bits per heavy atom. The SMILES string of the molecule is CC/C=C1/SC(=S)NC1=O. The van der Waals surface area contributed by atoms with Crippen molar-refractivity contribution in [3.63, 3.8) is 0 Å². The third-order valence-electron chi connectivity index (χ3n) is 1.03. The summed E-state index contributed by atoms with van der Waals surface area (Å²) in [6.07, 6.45) is 2.75. The molecule has 0 aromatic heterocycles. The molecule has 54 valence electrons. The average Bonchev–Trinajstić information content (AvgIpc) is 2.13. The van der Waals surface area contributed by atoms with Gasteiger partial charge < -0.3 is 5.32 Å². The molecule has 4 heteroatoms. The van der Waals surface area contributed by atoms with E-state index < -0.39 is 0 Å². The largest absolute Gasteiger partial charge is 0.307 e. The molecule has 0 atom stereocenters. The van der Waals surface area contributed by atoms with Gasteiger partial charge in [0.25, 0.3) is 5.91 Å². The van der Waals surface area contributed by atoms with Crippen LogP contribution in [0.15, 0.2) is 11.0 Å². The van der Waals surface area contributed by atoms with Gasteiger partial charge in [0.15, 0.2) is 0 Å². The lowest BCUT2D eigenvalue weighted by atomic mass is 10.4. The van der Waals surface area contributed by atoms with E-state index in [0.29, 0.717) is 4.32 Å². The third kappa shape index (κ3) is 1.58. The molecule has 0 radical (unpaired) electrons. The van der Waals surface area contributed by atoms with Crippen molar-refractivity contribution in [1.29, 1.82) is 0 Å². The second-order valence-electron chi connectivity index (χ2n) is 1.82. The summed E-state index contributed by atoms with van der Waals surface area (Å²) in [5.41, 5.74) is 0. The molecule has 10 heavy (non-hydrogen) atoms. The Balaban J connectivity index is 2.72. The summed E-state index contributed by atoms with van der Waals surface area (Å²) in [6.45, 7) is 1.99.